The van der Waals surface area contributed by atoms with E-state index in [4.69, 9.17) is 16.3 Å². The highest BCUT2D eigenvalue weighted by Crippen LogP contribution is 2.26. The predicted octanol–water partition coefficient (Wildman–Crippen LogP) is 3.69. The van der Waals surface area contributed by atoms with Crippen LogP contribution in [0, 0.1) is 5.92 Å². The van der Waals surface area contributed by atoms with Crippen LogP contribution in [0.25, 0.3) is 0 Å². The summed E-state index contributed by atoms with van der Waals surface area (Å²) in [6, 6.07) is 5.50. The van der Waals surface area contributed by atoms with E-state index in [1.165, 1.54) is 12.8 Å². The van der Waals surface area contributed by atoms with Gasteiger partial charge in [0.15, 0.2) is 0 Å². The average molecular weight is 226 g/mol. The Balaban J connectivity index is 1.96. The lowest BCUT2D eigenvalue weighted by Gasteiger charge is -2.26. The molecule has 82 valence electrons. The molecule has 1 fully saturated rings. The number of halogens is 1. The van der Waals surface area contributed by atoms with Crippen LogP contribution in [-0.4, -0.2) is 11.1 Å². The fourth-order valence-electron chi connectivity index (χ4n) is 2.11. The van der Waals surface area contributed by atoms with Crippen molar-refractivity contribution in [2.45, 2.75) is 38.7 Å². The summed E-state index contributed by atoms with van der Waals surface area (Å²) >= 11 is 5.80. The minimum Gasteiger partial charge on any atom is -0.474 e. The molecule has 0 spiro atoms. The minimum absolute atomic E-state index is 0.319. The van der Waals surface area contributed by atoms with Crippen LogP contribution in [0.5, 0.6) is 5.88 Å². The molecule has 2 nitrogen and oxygen atoms in total. The van der Waals surface area contributed by atoms with Gasteiger partial charge in [-0.1, -0.05) is 31.0 Å². The summed E-state index contributed by atoms with van der Waals surface area (Å²) in [4.78, 5) is 4.14. The van der Waals surface area contributed by atoms with Gasteiger partial charge in [-0.25, -0.2) is 4.98 Å². The highest BCUT2D eigenvalue weighted by molar-refractivity contribution is 6.29. The summed E-state index contributed by atoms with van der Waals surface area (Å²) in [5, 5.41) is 0.497. The first kappa shape index (κ1) is 10.7. The first-order chi connectivity index (χ1) is 7.24. The maximum atomic E-state index is 5.81. The van der Waals surface area contributed by atoms with Gasteiger partial charge in [-0.15, -0.1) is 0 Å². The quantitative estimate of drug-likeness (QED) is 0.717. The third-order valence-electron chi connectivity index (χ3n) is 2.87. The Bertz CT molecular complexity index is 329. The molecule has 0 aromatic carbocycles. The number of rotatable bonds is 2. The topological polar surface area (TPSA) is 22.1 Å². The number of pyridine rings is 1. The van der Waals surface area contributed by atoms with Gasteiger partial charge in [-0.3, -0.25) is 0 Å². The molecule has 1 aliphatic carbocycles. The van der Waals surface area contributed by atoms with Crippen molar-refractivity contribution < 1.29 is 4.74 Å². The molecule has 1 saturated carbocycles. The third kappa shape index (κ3) is 3.10. The Morgan fingerprint density at radius 2 is 2.27 bits per heavy atom. The van der Waals surface area contributed by atoms with Gasteiger partial charge >= 0.3 is 0 Å². The van der Waals surface area contributed by atoms with E-state index in [-0.39, 0.29) is 0 Å². The van der Waals surface area contributed by atoms with E-state index < -0.39 is 0 Å². The lowest BCUT2D eigenvalue weighted by atomic mass is 9.89. The van der Waals surface area contributed by atoms with Crippen molar-refractivity contribution in [3.8, 4) is 5.88 Å². The molecule has 0 saturated heterocycles. The third-order valence-corrected chi connectivity index (χ3v) is 3.08. The second kappa shape index (κ2) is 4.84. The van der Waals surface area contributed by atoms with Crippen LogP contribution in [0.3, 0.4) is 0 Å². The van der Waals surface area contributed by atoms with Crippen molar-refractivity contribution in [2.75, 3.05) is 0 Å². The first-order valence-corrected chi connectivity index (χ1v) is 5.91. The fourth-order valence-corrected chi connectivity index (χ4v) is 2.27. The molecule has 0 amide bonds. The number of ether oxygens (including phenoxy) is 1. The molecule has 15 heavy (non-hydrogen) atoms. The van der Waals surface area contributed by atoms with E-state index in [1.807, 2.05) is 12.1 Å². The SMILES string of the molecule is CC1CCCC(Oc2cccc(Cl)n2)C1. The highest BCUT2D eigenvalue weighted by atomic mass is 35.5. The maximum absolute atomic E-state index is 5.81. The van der Waals surface area contributed by atoms with E-state index in [0.29, 0.717) is 17.1 Å². The standard InChI is InChI=1S/C12H16ClNO/c1-9-4-2-5-10(8-9)15-12-7-3-6-11(13)14-12/h3,6-7,9-10H,2,4-5,8H2,1H3. The van der Waals surface area contributed by atoms with Gasteiger partial charge in [-0.05, 0) is 31.2 Å². The van der Waals surface area contributed by atoms with E-state index in [1.54, 1.807) is 6.07 Å². The molecule has 2 rings (SSSR count). The zero-order valence-electron chi connectivity index (χ0n) is 8.95. The summed E-state index contributed by atoms with van der Waals surface area (Å²) in [5.41, 5.74) is 0. The normalized spacial score (nSPS) is 26.3. The van der Waals surface area contributed by atoms with Gasteiger partial charge in [0.2, 0.25) is 5.88 Å². The van der Waals surface area contributed by atoms with E-state index in [2.05, 4.69) is 11.9 Å². The molecule has 0 bridgehead atoms. The van der Waals surface area contributed by atoms with Crippen LogP contribution in [0.15, 0.2) is 18.2 Å². The van der Waals surface area contributed by atoms with Gasteiger partial charge in [0, 0.05) is 6.07 Å². The molecule has 3 heteroatoms. The second-order valence-corrected chi connectivity index (χ2v) is 4.70. The summed E-state index contributed by atoms with van der Waals surface area (Å²) in [6.07, 6.45) is 5.17. The van der Waals surface area contributed by atoms with Crippen molar-refractivity contribution in [3.05, 3.63) is 23.4 Å². The molecule has 0 aliphatic heterocycles. The van der Waals surface area contributed by atoms with Crippen LogP contribution >= 0.6 is 11.6 Å². The van der Waals surface area contributed by atoms with E-state index >= 15 is 0 Å². The number of hydrogen-bond donors (Lipinski definition) is 0. The van der Waals surface area contributed by atoms with Crippen molar-refractivity contribution in [3.63, 3.8) is 0 Å². The molecule has 0 N–H and O–H groups in total. The molecule has 2 atom stereocenters. The van der Waals surface area contributed by atoms with Crippen molar-refractivity contribution in [2.24, 2.45) is 5.92 Å². The Hall–Kier alpha value is -0.760. The average Bonchev–Trinajstić information content (AvgIpc) is 2.17. The van der Waals surface area contributed by atoms with Crippen molar-refractivity contribution in [1.29, 1.82) is 0 Å². The van der Waals surface area contributed by atoms with Gasteiger partial charge in [0.1, 0.15) is 11.3 Å². The lowest BCUT2D eigenvalue weighted by Crippen LogP contribution is -2.24. The summed E-state index contributed by atoms with van der Waals surface area (Å²) < 4.78 is 5.81. The molecular weight excluding hydrogens is 210 g/mol. The predicted molar refractivity (Wildman–Crippen MR) is 61.3 cm³/mol. The second-order valence-electron chi connectivity index (χ2n) is 4.31. The fraction of sp³-hybridized carbons (Fsp3) is 0.583. The Labute approximate surface area is 95.6 Å². The van der Waals surface area contributed by atoms with E-state index in [0.717, 1.165) is 18.8 Å². The number of aromatic nitrogens is 1. The van der Waals surface area contributed by atoms with Crippen LogP contribution in [0.4, 0.5) is 0 Å². The zero-order chi connectivity index (χ0) is 10.7. The molecule has 1 aromatic heterocycles. The largest absolute Gasteiger partial charge is 0.474 e. The summed E-state index contributed by atoms with van der Waals surface area (Å²) in [5.74, 6) is 1.42. The summed E-state index contributed by atoms with van der Waals surface area (Å²) in [7, 11) is 0. The molecular formula is C12H16ClNO. The van der Waals surface area contributed by atoms with Crippen LogP contribution in [0.1, 0.15) is 32.6 Å². The number of hydrogen-bond acceptors (Lipinski definition) is 2. The first-order valence-electron chi connectivity index (χ1n) is 5.53. The van der Waals surface area contributed by atoms with Gasteiger partial charge in [-0.2, -0.15) is 0 Å². The Morgan fingerprint density at radius 1 is 1.40 bits per heavy atom. The lowest BCUT2D eigenvalue weighted by molar-refractivity contribution is 0.124. The summed E-state index contributed by atoms with van der Waals surface area (Å²) in [6.45, 7) is 2.28. The van der Waals surface area contributed by atoms with Gasteiger partial charge in [0.25, 0.3) is 0 Å². The van der Waals surface area contributed by atoms with Crippen molar-refractivity contribution >= 4 is 11.6 Å². The molecule has 1 aromatic rings. The Kier molecular flexibility index (Phi) is 3.47. The van der Waals surface area contributed by atoms with Crippen molar-refractivity contribution in [1.82, 2.24) is 4.98 Å². The minimum atomic E-state index is 0.319. The van der Waals surface area contributed by atoms with Crippen LogP contribution in [0.2, 0.25) is 5.15 Å². The van der Waals surface area contributed by atoms with E-state index in [9.17, 15) is 0 Å². The number of nitrogens with zero attached hydrogens (tertiary/aromatic N) is 1. The smallest absolute Gasteiger partial charge is 0.214 e. The highest BCUT2D eigenvalue weighted by Gasteiger charge is 2.20. The van der Waals surface area contributed by atoms with Crippen LogP contribution < -0.4 is 4.74 Å². The molecule has 1 heterocycles. The van der Waals surface area contributed by atoms with Gasteiger partial charge < -0.3 is 4.74 Å². The van der Waals surface area contributed by atoms with Gasteiger partial charge in [0.05, 0.1) is 0 Å². The molecule has 1 aliphatic rings. The van der Waals surface area contributed by atoms with Crippen LogP contribution in [-0.2, 0) is 0 Å². The Morgan fingerprint density at radius 3 is 3.00 bits per heavy atom. The molecule has 2 unspecified atom stereocenters. The monoisotopic (exact) mass is 225 g/mol. The molecule has 0 radical (unpaired) electrons. The zero-order valence-corrected chi connectivity index (χ0v) is 9.70. The maximum Gasteiger partial charge on any atom is 0.214 e.